The first kappa shape index (κ1) is 18.0. The van der Waals surface area contributed by atoms with E-state index in [1.807, 2.05) is 19.1 Å². The molecule has 0 amide bonds. The van der Waals surface area contributed by atoms with Gasteiger partial charge in [-0.3, -0.25) is 0 Å². The summed E-state index contributed by atoms with van der Waals surface area (Å²) in [6, 6.07) is 5.40. The highest BCUT2D eigenvalue weighted by Gasteiger charge is 2.18. The number of aromatic nitrogens is 2. The number of rotatable bonds is 5. The van der Waals surface area contributed by atoms with Crippen LogP contribution in [0.15, 0.2) is 24.4 Å². The zero-order valence-corrected chi connectivity index (χ0v) is 15.7. The van der Waals surface area contributed by atoms with E-state index in [2.05, 4.69) is 25.5 Å². The summed E-state index contributed by atoms with van der Waals surface area (Å²) in [6.07, 6.45) is 1.70. The molecule has 0 radical (unpaired) electrons. The SMILES string of the molecule is COc1cnc(N2CCNCC2)nc1N[C@H](C)c1ccc(Cl)cc1Cl. The summed E-state index contributed by atoms with van der Waals surface area (Å²) in [4.78, 5) is 11.2. The van der Waals surface area contributed by atoms with Crippen molar-refractivity contribution < 1.29 is 4.74 Å². The second-order valence-corrected chi connectivity index (χ2v) is 6.70. The Morgan fingerprint density at radius 3 is 2.72 bits per heavy atom. The number of hydrogen-bond donors (Lipinski definition) is 2. The Balaban J connectivity index is 1.84. The third-order valence-corrected chi connectivity index (χ3v) is 4.71. The van der Waals surface area contributed by atoms with E-state index in [0.29, 0.717) is 27.6 Å². The van der Waals surface area contributed by atoms with Gasteiger partial charge in [0.15, 0.2) is 11.6 Å². The van der Waals surface area contributed by atoms with Crippen LogP contribution in [0.4, 0.5) is 11.8 Å². The van der Waals surface area contributed by atoms with Crippen molar-refractivity contribution in [3.8, 4) is 5.75 Å². The lowest BCUT2D eigenvalue weighted by atomic mass is 10.1. The monoisotopic (exact) mass is 381 g/mol. The molecule has 1 aromatic heterocycles. The maximum absolute atomic E-state index is 6.31. The van der Waals surface area contributed by atoms with Crippen LogP contribution in [0.25, 0.3) is 0 Å². The van der Waals surface area contributed by atoms with E-state index in [4.69, 9.17) is 27.9 Å². The van der Waals surface area contributed by atoms with Crippen molar-refractivity contribution in [1.29, 1.82) is 0 Å². The summed E-state index contributed by atoms with van der Waals surface area (Å²) in [5.74, 6) is 1.93. The predicted octanol–water partition coefficient (Wildman–Crippen LogP) is 3.37. The molecule has 6 nitrogen and oxygen atoms in total. The van der Waals surface area contributed by atoms with Crippen molar-refractivity contribution >= 4 is 35.0 Å². The summed E-state index contributed by atoms with van der Waals surface area (Å²) in [7, 11) is 1.61. The first-order valence-corrected chi connectivity index (χ1v) is 8.92. The van der Waals surface area contributed by atoms with Crippen molar-refractivity contribution in [1.82, 2.24) is 15.3 Å². The average Bonchev–Trinajstić information content (AvgIpc) is 2.62. The fraction of sp³-hybridized carbons (Fsp3) is 0.412. The van der Waals surface area contributed by atoms with Crippen molar-refractivity contribution in [3.63, 3.8) is 0 Å². The molecule has 1 fully saturated rings. The third-order valence-electron chi connectivity index (χ3n) is 4.14. The Morgan fingerprint density at radius 2 is 2.04 bits per heavy atom. The fourth-order valence-corrected chi connectivity index (χ4v) is 3.34. The average molecular weight is 382 g/mol. The summed E-state index contributed by atoms with van der Waals surface area (Å²) in [5.41, 5.74) is 0.940. The van der Waals surface area contributed by atoms with Crippen molar-refractivity contribution in [2.45, 2.75) is 13.0 Å². The maximum Gasteiger partial charge on any atom is 0.227 e. The van der Waals surface area contributed by atoms with E-state index in [-0.39, 0.29) is 6.04 Å². The second-order valence-electron chi connectivity index (χ2n) is 5.86. The minimum atomic E-state index is -0.0653. The Hall–Kier alpha value is -1.76. The molecule has 1 saturated heterocycles. The predicted molar refractivity (Wildman–Crippen MR) is 102 cm³/mol. The number of halogens is 2. The number of anilines is 2. The van der Waals surface area contributed by atoms with Gasteiger partial charge in [0, 0.05) is 36.2 Å². The summed E-state index contributed by atoms with van der Waals surface area (Å²) in [6.45, 7) is 5.62. The van der Waals surface area contributed by atoms with Gasteiger partial charge in [-0.25, -0.2) is 4.98 Å². The van der Waals surface area contributed by atoms with Gasteiger partial charge < -0.3 is 20.3 Å². The Bertz CT molecular complexity index is 737. The molecule has 3 rings (SSSR count). The molecular weight excluding hydrogens is 361 g/mol. The number of ether oxygens (including phenoxy) is 1. The van der Waals surface area contributed by atoms with Crippen LogP contribution in [0, 0.1) is 0 Å². The minimum Gasteiger partial charge on any atom is -0.491 e. The van der Waals surface area contributed by atoms with Crippen molar-refractivity contribution in [2.24, 2.45) is 0 Å². The molecule has 134 valence electrons. The first-order chi connectivity index (χ1) is 12.1. The molecule has 0 unspecified atom stereocenters. The summed E-state index contributed by atoms with van der Waals surface area (Å²) < 4.78 is 5.40. The molecule has 1 aliphatic heterocycles. The van der Waals surface area contributed by atoms with E-state index in [1.165, 1.54) is 0 Å². The lowest BCUT2D eigenvalue weighted by molar-refractivity contribution is 0.412. The summed E-state index contributed by atoms with van der Waals surface area (Å²) in [5, 5.41) is 7.92. The van der Waals surface area contributed by atoms with Gasteiger partial charge in [0.2, 0.25) is 5.95 Å². The lowest BCUT2D eigenvalue weighted by Crippen LogP contribution is -2.44. The highest BCUT2D eigenvalue weighted by Crippen LogP contribution is 2.31. The van der Waals surface area contributed by atoms with Gasteiger partial charge >= 0.3 is 0 Å². The van der Waals surface area contributed by atoms with Gasteiger partial charge in [-0.2, -0.15) is 4.98 Å². The van der Waals surface area contributed by atoms with E-state index in [9.17, 15) is 0 Å². The molecule has 0 saturated carbocycles. The maximum atomic E-state index is 6.31. The molecule has 25 heavy (non-hydrogen) atoms. The molecule has 2 N–H and O–H groups in total. The summed E-state index contributed by atoms with van der Waals surface area (Å²) >= 11 is 12.3. The zero-order valence-electron chi connectivity index (χ0n) is 14.2. The van der Waals surface area contributed by atoms with Crippen LogP contribution in [0.2, 0.25) is 10.0 Å². The van der Waals surface area contributed by atoms with Gasteiger partial charge in [-0.05, 0) is 24.6 Å². The number of nitrogens with one attached hydrogen (secondary N) is 2. The van der Waals surface area contributed by atoms with Gasteiger partial charge in [-0.1, -0.05) is 29.3 Å². The molecular formula is C17H21Cl2N5O. The van der Waals surface area contributed by atoms with E-state index >= 15 is 0 Å². The van der Waals surface area contributed by atoms with Crippen LogP contribution in [-0.2, 0) is 0 Å². The molecule has 8 heteroatoms. The van der Waals surface area contributed by atoms with Crippen LogP contribution < -0.4 is 20.3 Å². The standard InChI is InChI=1S/C17H21Cl2N5O/c1-11(13-4-3-12(18)9-14(13)19)22-16-15(25-2)10-21-17(23-16)24-7-5-20-6-8-24/h3-4,9-11,20H,5-8H2,1-2H3,(H,21,22,23)/t11-/m1/s1. The molecule has 2 aromatic rings. The molecule has 1 aromatic carbocycles. The minimum absolute atomic E-state index is 0.0653. The normalized spacial score (nSPS) is 15.8. The third kappa shape index (κ3) is 4.26. The number of methoxy groups -OCH3 is 1. The Labute approximate surface area is 157 Å². The van der Waals surface area contributed by atoms with Crippen LogP contribution in [-0.4, -0.2) is 43.3 Å². The Kier molecular flexibility index (Phi) is 5.83. The van der Waals surface area contributed by atoms with Gasteiger partial charge in [0.05, 0.1) is 19.3 Å². The smallest absolute Gasteiger partial charge is 0.227 e. The molecule has 0 bridgehead atoms. The number of benzene rings is 1. The fourth-order valence-electron chi connectivity index (χ4n) is 2.77. The van der Waals surface area contributed by atoms with E-state index in [1.54, 1.807) is 19.4 Å². The lowest BCUT2D eigenvalue weighted by Gasteiger charge is -2.28. The molecule has 1 atom stereocenters. The van der Waals surface area contributed by atoms with Crippen LogP contribution in [0.5, 0.6) is 5.75 Å². The van der Waals surface area contributed by atoms with E-state index in [0.717, 1.165) is 31.7 Å². The second kappa shape index (κ2) is 8.08. The Morgan fingerprint density at radius 1 is 1.28 bits per heavy atom. The number of hydrogen-bond acceptors (Lipinski definition) is 6. The van der Waals surface area contributed by atoms with Gasteiger partial charge in [0.1, 0.15) is 0 Å². The molecule has 0 aliphatic carbocycles. The molecule has 2 heterocycles. The van der Waals surface area contributed by atoms with Gasteiger partial charge in [0.25, 0.3) is 0 Å². The largest absolute Gasteiger partial charge is 0.491 e. The highest BCUT2D eigenvalue weighted by atomic mass is 35.5. The molecule has 0 spiro atoms. The molecule has 1 aliphatic rings. The first-order valence-electron chi connectivity index (χ1n) is 8.16. The van der Waals surface area contributed by atoms with Crippen molar-refractivity contribution in [3.05, 3.63) is 40.0 Å². The highest BCUT2D eigenvalue weighted by molar-refractivity contribution is 6.35. The van der Waals surface area contributed by atoms with Crippen LogP contribution in [0.3, 0.4) is 0 Å². The van der Waals surface area contributed by atoms with Crippen molar-refractivity contribution in [2.75, 3.05) is 43.5 Å². The van der Waals surface area contributed by atoms with E-state index < -0.39 is 0 Å². The quantitative estimate of drug-likeness (QED) is 0.827. The number of piperazine rings is 1. The number of nitrogens with zero attached hydrogens (tertiary/aromatic N) is 3. The van der Waals surface area contributed by atoms with Crippen LogP contribution >= 0.6 is 23.2 Å². The zero-order chi connectivity index (χ0) is 17.8. The van der Waals surface area contributed by atoms with Crippen LogP contribution in [0.1, 0.15) is 18.5 Å². The topological polar surface area (TPSA) is 62.3 Å². The van der Waals surface area contributed by atoms with Gasteiger partial charge in [-0.15, -0.1) is 0 Å².